The van der Waals surface area contributed by atoms with Crippen molar-refractivity contribution in [3.8, 4) is 0 Å². The molecular weight excluding hydrogens is 431 g/mol. The zero-order chi connectivity index (χ0) is 21.3. The minimum absolute atomic E-state index is 0.0220. The average molecular weight is 447 g/mol. The molecule has 0 radical (unpaired) electrons. The predicted octanol–water partition coefficient (Wildman–Crippen LogP) is 1.46. The molecule has 29 heavy (non-hydrogen) atoms. The number of hydrogen-bond acceptors (Lipinski definition) is 10. The Bertz CT molecular complexity index is 966. The summed E-state index contributed by atoms with van der Waals surface area (Å²) in [5.74, 6) is -1.82. The summed E-state index contributed by atoms with van der Waals surface area (Å²) in [6, 6.07) is 0. The Morgan fingerprint density at radius 2 is 1.72 bits per heavy atom. The van der Waals surface area contributed by atoms with Gasteiger partial charge in [0.25, 0.3) is 0 Å². The standard InChI is InChI=1S/C16H16Cl2N4O7/c1-6(23)26-4-9-11(27-7(2)24)12(28-8(3)25)15(29-9)22-5-19-10-13(17)20-16(18)21-14(10)22/h5,9,11-12,15H,4H2,1-3H3/t9?,11-,12-,15-/m1/s1. The third-order valence-electron chi connectivity index (χ3n) is 3.97. The van der Waals surface area contributed by atoms with Gasteiger partial charge in [0.1, 0.15) is 18.2 Å². The van der Waals surface area contributed by atoms with Gasteiger partial charge in [0.15, 0.2) is 29.2 Å². The first kappa shape index (κ1) is 21.2. The van der Waals surface area contributed by atoms with Gasteiger partial charge in [-0.3, -0.25) is 19.0 Å². The van der Waals surface area contributed by atoms with Crippen molar-refractivity contribution in [3.63, 3.8) is 0 Å². The Labute approximate surface area is 174 Å². The fourth-order valence-electron chi connectivity index (χ4n) is 2.96. The van der Waals surface area contributed by atoms with E-state index < -0.39 is 42.4 Å². The summed E-state index contributed by atoms with van der Waals surface area (Å²) in [6.45, 7) is 3.38. The number of aromatic nitrogens is 4. The number of ether oxygens (including phenoxy) is 4. The van der Waals surface area contributed by atoms with Gasteiger partial charge < -0.3 is 18.9 Å². The van der Waals surface area contributed by atoms with E-state index in [0.29, 0.717) is 0 Å². The summed E-state index contributed by atoms with van der Waals surface area (Å²) in [5.41, 5.74) is 0.459. The first-order valence-corrected chi connectivity index (χ1v) is 9.11. The highest BCUT2D eigenvalue weighted by Crippen LogP contribution is 2.36. The Balaban J connectivity index is 2.04. The molecule has 3 heterocycles. The van der Waals surface area contributed by atoms with Crippen molar-refractivity contribution in [3.05, 3.63) is 16.8 Å². The molecule has 0 aliphatic carbocycles. The van der Waals surface area contributed by atoms with Crippen LogP contribution in [0.1, 0.15) is 27.0 Å². The first-order valence-electron chi connectivity index (χ1n) is 8.36. The van der Waals surface area contributed by atoms with Gasteiger partial charge in [-0.1, -0.05) is 11.6 Å². The van der Waals surface area contributed by atoms with Gasteiger partial charge in [0.05, 0.1) is 6.33 Å². The van der Waals surface area contributed by atoms with Crippen molar-refractivity contribution in [2.75, 3.05) is 6.61 Å². The van der Waals surface area contributed by atoms with Gasteiger partial charge in [-0.2, -0.15) is 4.98 Å². The fourth-order valence-corrected chi connectivity index (χ4v) is 3.38. The molecule has 0 amide bonds. The Morgan fingerprint density at radius 3 is 2.34 bits per heavy atom. The summed E-state index contributed by atoms with van der Waals surface area (Å²) in [5, 5.41) is -0.104. The molecule has 3 rings (SSSR count). The number of imidazole rings is 1. The molecule has 1 saturated heterocycles. The molecule has 1 fully saturated rings. The molecule has 0 bridgehead atoms. The number of carbonyl (C=O) groups excluding carboxylic acids is 3. The second-order valence-electron chi connectivity index (χ2n) is 6.12. The minimum atomic E-state index is -1.08. The van der Waals surface area contributed by atoms with Gasteiger partial charge in [-0.25, -0.2) is 9.97 Å². The molecule has 1 aliphatic rings. The number of nitrogens with zero attached hydrogens (tertiary/aromatic N) is 4. The SMILES string of the molecule is CC(=O)OCC1O[C@@H](n2cnc3c(Cl)nc(Cl)nc32)[C@H](OC(C)=O)[C@@H]1OC(C)=O. The summed E-state index contributed by atoms with van der Waals surface area (Å²) in [4.78, 5) is 46.6. The molecule has 13 heteroatoms. The highest BCUT2D eigenvalue weighted by Gasteiger charge is 2.51. The fraction of sp³-hybridized carbons (Fsp3) is 0.500. The molecule has 0 aromatic carbocycles. The lowest BCUT2D eigenvalue weighted by atomic mass is 10.1. The second-order valence-corrected chi connectivity index (χ2v) is 6.82. The van der Waals surface area contributed by atoms with Crippen LogP contribution in [0.25, 0.3) is 11.2 Å². The summed E-state index contributed by atoms with van der Waals surface area (Å²) in [7, 11) is 0. The third kappa shape index (κ3) is 4.57. The van der Waals surface area contributed by atoms with E-state index in [4.69, 9.17) is 42.1 Å². The molecule has 0 saturated carbocycles. The van der Waals surface area contributed by atoms with Gasteiger partial charge in [0.2, 0.25) is 5.28 Å². The van der Waals surface area contributed by atoms with Crippen LogP contribution in [-0.4, -0.2) is 62.3 Å². The van der Waals surface area contributed by atoms with Crippen LogP contribution in [0.4, 0.5) is 0 Å². The van der Waals surface area contributed by atoms with Crippen molar-refractivity contribution < 1.29 is 33.3 Å². The summed E-state index contributed by atoms with van der Waals surface area (Å²) in [6.07, 6.45) is -2.71. The minimum Gasteiger partial charge on any atom is -0.463 e. The van der Waals surface area contributed by atoms with E-state index in [0.717, 1.165) is 0 Å². The van der Waals surface area contributed by atoms with Crippen LogP contribution < -0.4 is 0 Å². The van der Waals surface area contributed by atoms with E-state index in [2.05, 4.69) is 15.0 Å². The summed E-state index contributed by atoms with van der Waals surface area (Å²) < 4.78 is 23.0. The average Bonchev–Trinajstić information content (AvgIpc) is 3.15. The maximum atomic E-state index is 11.7. The highest BCUT2D eigenvalue weighted by molar-refractivity contribution is 6.35. The number of halogens is 2. The number of carbonyl (C=O) groups is 3. The van der Waals surface area contributed by atoms with Crippen LogP contribution in [0, 0.1) is 0 Å². The predicted molar refractivity (Wildman–Crippen MR) is 97.0 cm³/mol. The van der Waals surface area contributed by atoms with E-state index in [1.54, 1.807) is 0 Å². The maximum Gasteiger partial charge on any atom is 0.303 e. The molecule has 2 aromatic rings. The lowest BCUT2D eigenvalue weighted by molar-refractivity contribution is -0.166. The normalized spacial score (nSPS) is 23.8. The van der Waals surface area contributed by atoms with Crippen LogP contribution in [-0.2, 0) is 33.3 Å². The molecule has 156 valence electrons. The molecule has 1 aliphatic heterocycles. The number of rotatable bonds is 5. The Morgan fingerprint density at radius 1 is 1.07 bits per heavy atom. The molecule has 2 aromatic heterocycles. The van der Waals surface area contributed by atoms with E-state index in [9.17, 15) is 14.4 Å². The van der Waals surface area contributed by atoms with Crippen LogP contribution in [0.15, 0.2) is 6.33 Å². The monoisotopic (exact) mass is 446 g/mol. The van der Waals surface area contributed by atoms with Gasteiger partial charge >= 0.3 is 17.9 Å². The third-order valence-corrected chi connectivity index (χ3v) is 4.40. The van der Waals surface area contributed by atoms with Crippen molar-refractivity contribution in [2.45, 2.75) is 45.3 Å². The lowest BCUT2D eigenvalue weighted by Crippen LogP contribution is -2.40. The number of fused-ring (bicyclic) bond motifs is 1. The van der Waals surface area contributed by atoms with E-state index in [1.807, 2.05) is 0 Å². The topological polar surface area (TPSA) is 132 Å². The quantitative estimate of drug-likeness (QED) is 0.287. The Hall–Kier alpha value is -2.50. The second kappa shape index (κ2) is 8.47. The van der Waals surface area contributed by atoms with Crippen molar-refractivity contribution >= 4 is 52.3 Å². The molecule has 11 nitrogen and oxygen atoms in total. The lowest BCUT2D eigenvalue weighted by Gasteiger charge is -2.23. The van der Waals surface area contributed by atoms with E-state index >= 15 is 0 Å². The Kier molecular flexibility index (Phi) is 6.20. The van der Waals surface area contributed by atoms with Crippen molar-refractivity contribution in [2.24, 2.45) is 0 Å². The zero-order valence-corrected chi connectivity index (χ0v) is 17.0. The number of hydrogen-bond donors (Lipinski definition) is 0. The van der Waals surface area contributed by atoms with Crippen molar-refractivity contribution in [1.82, 2.24) is 19.5 Å². The van der Waals surface area contributed by atoms with E-state index in [-0.39, 0.29) is 28.2 Å². The molecule has 1 unspecified atom stereocenters. The zero-order valence-electron chi connectivity index (χ0n) is 15.5. The maximum absolute atomic E-state index is 11.7. The molecular formula is C16H16Cl2N4O7. The smallest absolute Gasteiger partial charge is 0.303 e. The van der Waals surface area contributed by atoms with Crippen molar-refractivity contribution in [1.29, 1.82) is 0 Å². The van der Waals surface area contributed by atoms with Crippen LogP contribution in [0.3, 0.4) is 0 Å². The first-order chi connectivity index (χ1) is 13.7. The molecule has 4 atom stereocenters. The van der Waals surface area contributed by atoms with Gasteiger partial charge in [-0.05, 0) is 11.6 Å². The molecule has 0 N–H and O–H groups in total. The summed E-state index contributed by atoms with van der Waals surface area (Å²) >= 11 is 11.9. The van der Waals surface area contributed by atoms with Crippen LogP contribution in [0.2, 0.25) is 10.4 Å². The largest absolute Gasteiger partial charge is 0.463 e. The van der Waals surface area contributed by atoms with Gasteiger partial charge in [0, 0.05) is 20.8 Å². The highest BCUT2D eigenvalue weighted by atomic mass is 35.5. The number of esters is 3. The van der Waals surface area contributed by atoms with E-state index in [1.165, 1.54) is 31.7 Å². The molecule has 0 spiro atoms. The van der Waals surface area contributed by atoms with Crippen LogP contribution >= 0.6 is 23.2 Å². The van der Waals surface area contributed by atoms with Crippen LogP contribution in [0.5, 0.6) is 0 Å². The van der Waals surface area contributed by atoms with Gasteiger partial charge in [-0.15, -0.1) is 0 Å².